The summed E-state index contributed by atoms with van der Waals surface area (Å²) in [6.45, 7) is 1.37. The molecular weight excluding hydrogens is 282 g/mol. The van der Waals surface area contributed by atoms with Crippen molar-refractivity contribution in [3.8, 4) is 0 Å². The van der Waals surface area contributed by atoms with Gasteiger partial charge in [0.1, 0.15) is 6.04 Å². The fourth-order valence-corrected chi connectivity index (χ4v) is 3.43. The molecule has 0 aromatic heterocycles. The van der Waals surface area contributed by atoms with Crippen LogP contribution in [0.2, 0.25) is 0 Å². The summed E-state index contributed by atoms with van der Waals surface area (Å²) >= 11 is 0. The molecule has 6 nitrogen and oxygen atoms in total. The van der Waals surface area contributed by atoms with Crippen LogP contribution in [0.1, 0.15) is 24.8 Å². The number of nitrogens with one attached hydrogen (secondary N) is 1. The summed E-state index contributed by atoms with van der Waals surface area (Å²) in [4.78, 5) is 10.9. The fraction of sp³-hybridized carbons (Fsp3) is 0.462. The van der Waals surface area contributed by atoms with Gasteiger partial charge in [0.2, 0.25) is 10.0 Å². The molecule has 0 bridgehead atoms. The molecule has 20 heavy (non-hydrogen) atoms. The molecule has 0 aliphatic carbocycles. The Bertz CT molecular complexity index is 529. The second-order valence-corrected chi connectivity index (χ2v) is 6.41. The zero-order chi connectivity index (χ0) is 15.2. The lowest BCUT2D eigenvalue weighted by Gasteiger charge is -2.16. The van der Waals surface area contributed by atoms with Crippen molar-refractivity contribution >= 4 is 16.0 Å². The molecule has 112 valence electrons. The third kappa shape index (κ3) is 5.28. The lowest BCUT2D eigenvalue weighted by Crippen LogP contribution is -2.43. The van der Waals surface area contributed by atoms with E-state index in [4.69, 9.17) is 10.2 Å². The molecule has 2 atom stereocenters. The Hall–Kier alpha value is -1.44. The molecule has 0 saturated carbocycles. The van der Waals surface area contributed by atoms with Crippen molar-refractivity contribution in [3.05, 3.63) is 35.9 Å². The maximum Gasteiger partial charge on any atom is 0.321 e. The predicted molar refractivity (Wildman–Crippen MR) is 74.9 cm³/mol. The van der Waals surface area contributed by atoms with Gasteiger partial charge in [-0.3, -0.25) is 4.79 Å². The van der Waals surface area contributed by atoms with Gasteiger partial charge in [0, 0.05) is 6.61 Å². The quantitative estimate of drug-likeness (QED) is 0.650. The first-order valence-electron chi connectivity index (χ1n) is 6.24. The Morgan fingerprint density at radius 2 is 1.90 bits per heavy atom. The minimum atomic E-state index is -3.74. The van der Waals surface area contributed by atoms with Crippen LogP contribution in [0.5, 0.6) is 0 Å². The Morgan fingerprint density at radius 3 is 2.40 bits per heavy atom. The number of carboxylic acid groups (broad SMARTS) is 1. The van der Waals surface area contributed by atoms with E-state index < -0.39 is 28.6 Å². The number of hydrogen-bond acceptors (Lipinski definition) is 4. The van der Waals surface area contributed by atoms with Gasteiger partial charge in [-0.25, -0.2) is 13.1 Å². The number of hydrogen-bond donors (Lipinski definition) is 3. The normalized spacial score (nSPS) is 14.7. The van der Waals surface area contributed by atoms with Gasteiger partial charge in [-0.2, -0.15) is 0 Å². The van der Waals surface area contributed by atoms with Crippen LogP contribution >= 0.6 is 0 Å². The van der Waals surface area contributed by atoms with Gasteiger partial charge in [0.25, 0.3) is 0 Å². The van der Waals surface area contributed by atoms with E-state index in [1.54, 1.807) is 6.92 Å². The second kappa shape index (κ2) is 7.37. The van der Waals surface area contributed by atoms with Crippen LogP contribution in [0.4, 0.5) is 0 Å². The van der Waals surface area contributed by atoms with Crippen LogP contribution in [0, 0.1) is 0 Å². The van der Waals surface area contributed by atoms with Crippen molar-refractivity contribution in [1.82, 2.24) is 4.72 Å². The van der Waals surface area contributed by atoms with Crippen LogP contribution in [0.15, 0.2) is 30.3 Å². The lowest BCUT2D eigenvalue weighted by atomic mass is 10.0. The average Bonchev–Trinajstić information content (AvgIpc) is 2.38. The van der Waals surface area contributed by atoms with Crippen LogP contribution in [-0.4, -0.2) is 43.0 Å². The van der Waals surface area contributed by atoms with Crippen molar-refractivity contribution < 1.29 is 23.4 Å². The molecule has 0 aliphatic rings. The topological polar surface area (TPSA) is 104 Å². The van der Waals surface area contributed by atoms with Crippen LogP contribution in [-0.2, 0) is 14.8 Å². The lowest BCUT2D eigenvalue weighted by molar-refractivity contribution is -0.139. The van der Waals surface area contributed by atoms with Gasteiger partial charge in [0.05, 0.1) is 5.75 Å². The van der Waals surface area contributed by atoms with Crippen molar-refractivity contribution in [3.63, 3.8) is 0 Å². The Morgan fingerprint density at radius 1 is 1.30 bits per heavy atom. The Balaban J connectivity index is 2.72. The molecule has 2 unspecified atom stereocenters. The van der Waals surface area contributed by atoms with E-state index in [-0.39, 0.29) is 18.1 Å². The number of aliphatic hydroxyl groups excluding tert-OH is 1. The molecule has 1 aromatic rings. The van der Waals surface area contributed by atoms with Crippen LogP contribution in [0.3, 0.4) is 0 Å². The fourth-order valence-electron chi connectivity index (χ4n) is 1.83. The molecule has 0 heterocycles. The summed E-state index contributed by atoms with van der Waals surface area (Å²) in [5.41, 5.74) is 0.868. The van der Waals surface area contributed by atoms with E-state index in [1.807, 2.05) is 30.3 Å². The van der Waals surface area contributed by atoms with Gasteiger partial charge in [-0.1, -0.05) is 37.3 Å². The number of sulfonamides is 1. The van der Waals surface area contributed by atoms with Gasteiger partial charge >= 0.3 is 5.97 Å². The maximum atomic E-state index is 11.9. The molecule has 0 spiro atoms. The highest BCUT2D eigenvalue weighted by Gasteiger charge is 2.25. The molecule has 0 radical (unpaired) electrons. The van der Waals surface area contributed by atoms with E-state index in [9.17, 15) is 13.2 Å². The van der Waals surface area contributed by atoms with E-state index in [2.05, 4.69) is 4.72 Å². The number of aliphatic hydroxyl groups is 1. The van der Waals surface area contributed by atoms with E-state index in [0.29, 0.717) is 0 Å². The Kier molecular flexibility index (Phi) is 6.12. The van der Waals surface area contributed by atoms with Crippen molar-refractivity contribution in [2.75, 3.05) is 12.4 Å². The summed E-state index contributed by atoms with van der Waals surface area (Å²) < 4.78 is 26.0. The van der Waals surface area contributed by atoms with Gasteiger partial charge in [-0.05, 0) is 17.9 Å². The standard InChI is InChI=1S/C13H19NO5S/c1-10(11-5-3-2-4-6-11)9-20(18,19)14-12(7-8-15)13(16)17/h2-6,10,12,14-15H,7-9H2,1H3,(H,16,17). The minimum absolute atomic E-state index is 0.158. The summed E-state index contributed by atoms with van der Waals surface area (Å²) in [6.07, 6.45) is -0.158. The van der Waals surface area contributed by atoms with Crippen molar-refractivity contribution in [2.24, 2.45) is 0 Å². The van der Waals surface area contributed by atoms with E-state index in [0.717, 1.165) is 5.56 Å². The molecule has 0 fully saturated rings. The van der Waals surface area contributed by atoms with E-state index >= 15 is 0 Å². The average molecular weight is 301 g/mol. The third-order valence-corrected chi connectivity index (χ3v) is 4.46. The molecule has 1 rings (SSSR count). The number of rotatable bonds is 8. The van der Waals surface area contributed by atoms with Crippen molar-refractivity contribution in [2.45, 2.75) is 25.3 Å². The zero-order valence-corrected chi connectivity index (χ0v) is 12.0. The minimum Gasteiger partial charge on any atom is -0.480 e. The first-order chi connectivity index (χ1) is 9.35. The SMILES string of the molecule is CC(CS(=O)(=O)NC(CCO)C(=O)O)c1ccccc1. The monoisotopic (exact) mass is 301 g/mol. The highest BCUT2D eigenvalue weighted by atomic mass is 32.2. The summed E-state index contributed by atoms with van der Waals surface area (Å²) in [5, 5.41) is 17.6. The summed E-state index contributed by atoms with van der Waals surface area (Å²) in [5.74, 6) is -1.75. The van der Waals surface area contributed by atoms with Crippen molar-refractivity contribution in [1.29, 1.82) is 0 Å². The van der Waals surface area contributed by atoms with Crippen LogP contribution in [0.25, 0.3) is 0 Å². The number of aliphatic carboxylic acids is 1. The summed E-state index contributed by atoms with van der Waals surface area (Å²) in [6, 6.07) is 7.82. The number of benzene rings is 1. The molecule has 0 saturated heterocycles. The molecule has 0 amide bonds. The smallest absolute Gasteiger partial charge is 0.321 e. The zero-order valence-electron chi connectivity index (χ0n) is 11.2. The van der Waals surface area contributed by atoms with Gasteiger partial charge in [0.15, 0.2) is 0 Å². The number of carbonyl (C=O) groups is 1. The van der Waals surface area contributed by atoms with Gasteiger partial charge < -0.3 is 10.2 Å². The first-order valence-corrected chi connectivity index (χ1v) is 7.89. The Labute approximate surface area is 118 Å². The van der Waals surface area contributed by atoms with Gasteiger partial charge in [-0.15, -0.1) is 0 Å². The number of carboxylic acids is 1. The molecule has 0 aliphatic heterocycles. The molecule has 1 aromatic carbocycles. The maximum absolute atomic E-state index is 11.9. The third-order valence-electron chi connectivity index (χ3n) is 2.88. The predicted octanol–water partition coefficient (Wildman–Crippen LogP) is 0.545. The molecule has 7 heteroatoms. The largest absolute Gasteiger partial charge is 0.480 e. The molecule has 3 N–H and O–H groups in total. The second-order valence-electron chi connectivity index (χ2n) is 4.61. The first kappa shape index (κ1) is 16.6. The highest BCUT2D eigenvalue weighted by molar-refractivity contribution is 7.89. The highest BCUT2D eigenvalue weighted by Crippen LogP contribution is 2.16. The van der Waals surface area contributed by atoms with Crippen LogP contribution < -0.4 is 4.72 Å². The summed E-state index contributed by atoms with van der Waals surface area (Å²) in [7, 11) is -3.74. The van der Waals surface area contributed by atoms with E-state index in [1.165, 1.54) is 0 Å². The molecular formula is C13H19NO5S.